The number of carbonyl (C=O) groups excluding carboxylic acids is 1. The molecule has 0 bridgehead atoms. The molecule has 1 amide bonds. The molecule has 0 spiro atoms. The standard InChI is InChI=1S/C22H21ClFNO4/c1-4-25(5-2)22(27)13(3)28-20-12-19-17(10-18(20)24)16(11-21(26)29-19)14-6-8-15(23)9-7-14/h6-13H,4-5H2,1-3H3/t13-/m1/s1. The maximum absolute atomic E-state index is 14.8. The summed E-state index contributed by atoms with van der Waals surface area (Å²) >= 11 is 5.92. The van der Waals surface area contributed by atoms with Crippen LogP contribution in [0.4, 0.5) is 4.39 Å². The third-order valence-corrected chi connectivity index (χ3v) is 4.93. The first-order valence-electron chi connectivity index (χ1n) is 9.32. The molecule has 1 aromatic heterocycles. The van der Waals surface area contributed by atoms with Crippen LogP contribution in [-0.2, 0) is 4.79 Å². The number of carbonyl (C=O) groups is 1. The number of amides is 1. The molecule has 0 fully saturated rings. The van der Waals surface area contributed by atoms with Crippen molar-refractivity contribution < 1.29 is 18.3 Å². The normalized spacial score (nSPS) is 12.0. The summed E-state index contributed by atoms with van der Waals surface area (Å²) < 4.78 is 25.6. The van der Waals surface area contributed by atoms with Crippen molar-refractivity contribution >= 4 is 28.5 Å². The van der Waals surface area contributed by atoms with Crippen molar-refractivity contribution in [1.29, 1.82) is 0 Å². The van der Waals surface area contributed by atoms with Crippen LogP contribution >= 0.6 is 11.6 Å². The Morgan fingerprint density at radius 1 is 1.17 bits per heavy atom. The predicted molar refractivity (Wildman–Crippen MR) is 111 cm³/mol. The van der Waals surface area contributed by atoms with Gasteiger partial charge in [0, 0.05) is 35.6 Å². The van der Waals surface area contributed by atoms with Crippen molar-refractivity contribution in [2.24, 2.45) is 0 Å². The summed E-state index contributed by atoms with van der Waals surface area (Å²) in [5, 5.41) is 0.967. The van der Waals surface area contributed by atoms with E-state index in [1.54, 1.807) is 36.1 Å². The molecule has 3 aromatic rings. The molecule has 0 unspecified atom stereocenters. The lowest BCUT2D eigenvalue weighted by molar-refractivity contribution is -0.137. The minimum Gasteiger partial charge on any atom is -0.478 e. The van der Waals surface area contributed by atoms with Crippen LogP contribution in [-0.4, -0.2) is 30.0 Å². The zero-order chi connectivity index (χ0) is 21.1. The average Bonchev–Trinajstić information content (AvgIpc) is 2.70. The molecule has 1 heterocycles. The molecule has 0 aliphatic carbocycles. The smallest absolute Gasteiger partial charge is 0.336 e. The van der Waals surface area contributed by atoms with Crippen molar-refractivity contribution in [3.05, 3.63) is 63.7 Å². The van der Waals surface area contributed by atoms with Crippen LogP contribution in [0.15, 0.2) is 51.7 Å². The molecule has 29 heavy (non-hydrogen) atoms. The third-order valence-electron chi connectivity index (χ3n) is 4.68. The maximum Gasteiger partial charge on any atom is 0.336 e. The average molecular weight is 418 g/mol. The number of halogens is 2. The highest BCUT2D eigenvalue weighted by Crippen LogP contribution is 2.32. The minimum absolute atomic E-state index is 0.151. The summed E-state index contributed by atoms with van der Waals surface area (Å²) in [5.41, 5.74) is 0.810. The van der Waals surface area contributed by atoms with Gasteiger partial charge in [-0.05, 0) is 50.1 Å². The molecule has 7 heteroatoms. The molecule has 0 saturated carbocycles. The Bertz CT molecular complexity index is 1090. The zero-order valence-corrected chi connectivity index (χ0v) is 17.1. The van der Waals surface area contributed by atoms with Crippen molar-refractivity contribution in [1.82, 2.24) is 4.90 Å². The third kappa shape index (κ3) is 4.43. The van der Waals surface area contributed by atoms with E-state index in [1.807, 2.05) is 13.8 Å². The van der Waals surface area contributed by atoms with E-state index in [9.17, 15) is 14.0 Å². The highest BCUT2D eigenvalue weighted by molar-refractivity contribution is 6.30. The van der Waals surface area contributed by atoms with Gasteiger partial charge in [-0.1, -0.05) is 23.7 Å². The van der Waals surface area contributed by atoms with E-state index >= 15 is 0 Å². The van der Waals surface area contributed by atoms with Gasteiger partial charge in [0.1, 0.15) is 5.58 Å². The predicted octanol–water partition coefficient (Wildman–Crippen LogP) is 4.89. The largest absolute Gasteiger partial charge is 0.478 e. The maximum atomic E-state index is 14.8. The lowest BCUT2D eigenvalue weighted by Crippen LogP contribution is -2.40. The lowest BCUT2D eigenvalue weighted by atomic mass is 10.0. The Balaban J connectivity index is 2.02. The monoisotopic (exact) mass is 417 g/mol. The van der Waals surface area contributed by atoms with Crippen LogP contribution in [0.1, 0.15) is 20.8 Å². The van der Waals surface area contributed by atoms with Crippen molar-refractivity contribution in [2.75, 3.05) is 13.1 Å². The summed E-state index contributed by atoms with van der Waals surface area (Å²) in [6.45, 7) is 6.34. The molecule has 0 aliphatic heterocycles. The Labute approximate surface area is 172 Å². The molecule has 0 saturated heterocycles. The van der Waals surface area contributed by atoms with Crippen molar-refractivity contribution in [2.45, 2.75) is 26.9 Å². The van der Waals surface area contributed by atoms with Gasteiger partial charge in [0.05, 0.1) is 0 Å². The Kier molecular flexibility index (Phi) is 6.23. The Morgan fingerprint density at radius 2 is 1.83 bits per heavy atom. The summed E-state index contributed by atoms with van der Waals surface area (Å²) in [6, 6.07) is 10.7. The fourth-order valence-corrected chi connectivity index (χ4v) is 3.28. The molecule has 0 N–H and O–H groups in total. The van der Waals surface area contributed by atoms with Gasteiger partial charge in [0.15, 0.2) is 17.7 Å². The molecule has 2 aromatic carbocycles. The Morgan fingerprint density at radius 3 is 2.45 bits per heavy atom. The van der Waals surface area contributed by atoms with Gasteiger partial charge in [-0.25, -0.2) is 9.18 Å². The summed E-state index contributed by atoms with van der Waals surface area (Å²) in [4.78, 5) is 26.0. The lowest BCUT2D eigenvalue weighted by Gasteiger charge is -2.23. The molecule has 5 nitrogen and oxygen atoms in total. The molecule has 0 aliphatic rings. The second-order valence-electron chi connectivity index (χ2n) is 6.54. The molecule has 3 rings (SSSR count). The SMILES string of the molecule is CCN(CC)C(=O)[C@@H](C)Oc1cc2oc(=O)cc(-c3ccc(Cl)cc3)c2cc1F. The number of nitrogens with zero attached hydrogens (tertiary/aromatic N) is 1. The number of hydrogen-bond donors (Lipinski definition) is 0. The number of benzene rings is 2. The van der Waals surface area contributed by atoms with Gasteiger partial charge < -0.3 is 14.1 Å². The van der Waals surface area contributed by atoms with Crippen LogP contribution in [0.2, 0.25) is 5.02 Å². The molecule has 0 radical (unpaired) electrons. The van der Waals surface area contributed by atoms with Crippen LogP contribution in [0.3, 0.4) is 0 Å². The fourth-order valence-electron chi connectivity index (χ4n) is 3.15. The van der Waals surface area contributed by atoms with E-state index in [-0.39, 0.29) is 17.2 Å². The second-order valence-corrected chi connectivity index (χ2v) is 6.97. The molecule has 152 valence electrons. The van der Waals surface area contributed by atoms with Crippen LogP contribution in [0.5, 0.6) is 5.75 Å². The highest BCUT2D eigenvalue weighted by Gasteiger charge is 2.22. The number of hydrogen-bond acceptors (Lipinski definition) is 4. The van der Waals surface area contributed by atoms with Gasteiger partial charge in [-0.3, -0.25) is 4.79 Å². The van der Waals surface area contributed by atoms with Gasteiger partial charge in [0.2, 0.25) is 0 Å². The zero-order valence-electron chi connectivity index (χ0n) is 16.4. The van der Waals surface area contributed by atoms with E-state index in [1.165, 1.54) is 18.2 Å². The fraction of sp³-hybridized carbons (Fsp3) is 0.273. The molecular formula is C22H21ClFNO4. The minimum atomic E-state index is -0.881. The first-order valence-corrected chi connectivity index (χ1v) is 9.70. The number of fused-ring (bicyclic) bond motifs is 1. The van der Waals surface area contributed by atoms with Crippen molar-refractivity contribution in [3.8, 4) is 16.9 Å². The van der Waals surface area contributed by atoms with Gasteiger partial charge in [-0.2, -0.15) is 0 Å². The number of ether oxygens (including phenoxy) is 1. The topological polar surface area (TPSA) is 59.8 Å². The Hall–Kier alpha value is -2.86. The van der Waals surface area contributed by atoms with E-state index in [2.05, 4.69) is 0 Å². The van der Waals surface area contributed by atoms with E-state index in [4.69, 9.17) is 20.8 Å². The van der Waals surface area contributed by atoms with E-state index in [0.29, 0.717) is 34.6 Å². The van der Waals surface area contributed by atoms with E-state index < -0.39 is 17.5 Å². The molecular weight excluding hydrogens is 397 g/mol. The van der Waals surface area contributed by atoms with E-state index in [0.717, 1.165) is 0 Å². The van der Waals surface area contributed by atoms with Crippen LogP contribution < -0.4 is 10.4 Å². The first-order chi connectivity index (χ1) is 13.8. The van der Waals surface area contributed by atoms with Gasteiger partial charge >= 0.3 is 5.63 Å². The van der Waals surface area contributed by atoms with Crippen LogP contribution in [0, 0.1) is 5.82 Å². The summed E-state index contributed by atoms with van der Waals surface area (Å²) in [6.07, 6.45) is -0.881. The van der Waals surface area contributed by atoms with Gasteiger partial charge in [-0.15, -0.1) is 0 Å². The van der Waals surface area contributed by atoms with Crippen LogP contribution in [0.25, 0.3) is 22.1 Å². The second kappa shape index (κ2) is 8.66. The summed E-state index contributed by atoms with van der Waals surface area (Å²) in [5.74, 6) is -1.05. The summed E-state index contributed by atoms with van der Waals surface area (Å²) in [7, 11) is 0. The number of rotatable bonds is 6. The van der Waals surface area contributed by atoms with Crippen molar-refractivity contribution in [3.63, 3.8) is 0 Å². The van der Waals surface area contributed by atoms with Gasteiger partial charge in [0.25, 0.3) is 5.91 Å². The first kappa shape index (κ1) is 20.9. The molecule has 1 atom stereocenters. The number of likely N-dealkylation sites (N-methyl/N-ethyl adjacent to an activating group) is 1. The quantitative estimate of drug-likeness (QED) is 0.536. The highest BCUT2D eigenvalue weighted by atomic mass is 35.5.